The molecule has 4 heteroatoms. The van der Waals surface area contributed by atoms with Crippen LogP contribution in [0, 0.1) is 6.92 Å². The molecule has 0 atom stereocenters. The second kappa shape index (κ2) is 4.63. The SMILES string of the molecule is Cc1ccc(Cn2ccc(C(=O)O)c2)c(Cl)c1. The number of hydrogen-bond acceptors (Lipinski definition) is 1. The maximum Gasteiger partial charge on any atom is 0.337 e. The molecule has 88 valence electrons. The molecule has 3 nitrogen and oxygen atoms in total. The Morgan fingerprint density at radius 1 is 1.41 bits per heavy atom. The number of rotatable bonds is 3. The van der Waals surface area contributed by atoms with Crippen LogP contribution in [0.4, 0.5) is 0 Å². The molecule has 0 spiro atoms. The maximum atomic E-state index is 10.7. The normalized spacial score (nSPS) is 10.5. The van der Waals surface area contributed by atoms with E-state index in [0.717, 1.165) is 11.1 Å². The molecule has 2 aromatic rings. The molecule has 1 heterocycles. The highest BCUT2D eigenvalue weighted by Crippen LogP contribution is 2.19. The van der Waals surface area contributed by atoms with Crippen LogP contribution in [-0.2, 0) is 6.54 Å². The lowest BCUT2D eigenvalue weighted by atomic mass is 10.1. The second-order valence-corrected chi connectivity index (χ2v) is 4.38. The van der Waals surface area contributed by atoms with Gasteiger partial charge in [-0.25, -0.2) is 4.79 Å². The van der Waals surface area contributed by atoms with Crippen LogP contribution in [-0.4, -0.2) is 15.6 Å². The summed E-state index contributed by atoms with van der Waals surface area (Å²) in [7, 11) is 0. The highest BCUT2D eigenvalue weighted by Gasteiger charge is 2.06. The molecule has 1 N–H and O–H groups in total. The van der Waals surface area contributed by atoms with E-state index in [1.807, 2.05) is 25.1 Å². The fourth-order valence-corrected chi connectivity index (χ4v) is 1.94. The van der Waals surface area contributed by atoms with Gasteiger partial charge in [0.15, 0.2) is 0 Å². The zero-order valence-corrected chi connectivity index (χ0v) is 10.1. The van der Waals surface area contributed by atoms with Crippen LogP contribution < -0.4 is 0 Å². The van der Waals surface area contributed by atoms with Crippen LogP contribution in [0.25, 0.3) is 0 Å². The fourth-order valence-electron chi connectivity index (χ4n) is 1.64. The van der Waals surface area contributed by atoms with Crippen molar-refractivity contribution in [2.45, 2.75) is 13.5 Å². The Kier molecular flexibility index (Phi) is 3.20. The van der Waals surface area contributed by atoms with Gasteiger partial charge in [-0.2, -0.15) is 0 Å². The molecule has 0 unspecified atom stereocenters. The van der Waals surface area contributed by atoms with Crippen molar-refractivity contribution in [3.63, 3.8) is 0 Å². The first-order valence-electron chi connectivity index (χ1n) is 5.20. The maximum absolute atomic E-state index is 10.7. The third kappa shape index (κ3) is 2.68. The third-order valence-electron chi connectivity index (χ3n) is 2.56. The summed E-state index contributed by atoms with van der Waals surface area (Å²) in [5.74, 6) is -0.918. The molecular formula is C13H12ClNO2. The molecule has 0 aliphatic heterocycles. The van der Waals surface area contributed by atoms with Crippen LogP contribution in [0.2, 0.25) is 5.02 Å². The minimum absolute atomic E-state index is 0.285. The number of carbonyl (C=O) groups is 1. The molecule has 1 aromatic heterocycles. The Balaban J connectivity index is 2.22. The number of aromatic nitrogens is 1. The van der Waals surface area contributed by atoms with Gasteiger partial charge in [0.1, 0.15) is 0 Å². The first-order valence-corrected chi connectivity index (χ1v) is 5.58. The molecule has 0 fully saturated rings. The number of aryl methyl sites for hydroxylation is 1. The van der Waals surface area contributed by atoms with E-state index in [9.17, 15) is 4.79 Å². The summed E-state index contributed by atoms with van der Waals surface area (Å²) in [4.78, 5) is 10.7. The van der Waals surface area contributed by atoms with Gasteiger partial charge in [0.2, 0.25) is 0 Å². The molecule has 0 aliphatic rings. The molecule has 0 bridgehead atoms. The number of carboxylic acids is 1. The Hall–Kier alpha value is -1.74. The van der Waals surface area contributed by atoms with E-state index in [2.05, 4.69) is 0 Å². The predicted molar refractivity (Wildman–Crippen MR) is 66.7 cm³/mol. The molecule has 2 rings (SSSR count). The number of benzene rings is 1. The van der Waals surface area contributed by atoms with E-state index in [-0.39, 0.29) is 5.56 Å². The van der Waals surface area contributed by atoms with Crippen LogP contribution >= 0.6 is 11.6 Å². The predicted octanol–water partition coefficient (Wildman–Crippen LogP) is 3.20. The van der Waals surface area contributed by atoms with E-state index in [0.29, 0.717) is 11.6 Å². The fraction of sp³-hybridized carbons (Fsp3) is 0.154. The number of carboxylic acid groups (broad SMARTS) is 1. The minimum Gasteiger partial charge on any atom is -0.478 e. The van der Waals surface area contributed by atoms with Crippen LogP contribution in [0.15, 0.2) is 36.7 Å². The van der Waals surface area contributed by atoms with Crippen molar-refractivity contribution in [3.8, 4) is 0 Å². The average molecular weight is 250 g/mol. The zero-order valence-electron chi connectivity index (χ0n) is 9.35. The molecule has 0 radical (unpaired) electrons. The summed E-state index contributed by atoms with van der Waals surface area (Å²) < 4.78 is 1.81. The van der Waals surface area contributed by atoms with Gasteiger partial charge in [-0.1, -0.05) is 23.7 Å². The summed E-state index contributed by atoms with van der Waals surface area (Å²) in [6.07, 6.45) is 3.33. The second-order valence-electron chi connectivity index (χ2n) is 3.97. The Morgan fingerprint density at radius 2 is 2.18 bits per heavy atom. The van der Waals surface area contributed by atoms with Crippen molar-refractivity contribution in [2.75, 3.05) is 0 Å². The summed E-state index contributed by atoms with van der Waals surface area (Å²) >= 11 is 6.12. The van der Waals surface area contributed by atoms with Crippen molar-refractivity contribution in [3.05, 3.63) is 58.4 Å². The van der Waals surface area contributed by atoms with E-state index < -0.39 is 5.97 Å². The van der Waals surface area contributed by atoms with Crippen molar-refractivity contribution in [1.29, 1.82) is 0 Å². The van der Waals surface area contributed by atoms with Gasteiger partial charge in [0.25, 0.3) is 0 Å². The van der Waals surface area contributed by atoms with Crippen molar-refractivity contribution >= 4 is 17.6 Å². The number of hydrogen-bond donors (Lipinski definition) is 1. The lowest BCUT2D eigenvalue weighted by molar-refractivity contribution is 0.0697. The molecule has 1 aromatic carbocycles. The number of nitrogens with zero attached hydrogens (tertiary/aromatic N) is 1. The van der Waals surface area contributed by atoms with Crippen molar-refractivity contribution in [1.82, 2.24) is 4.57 Å². The Morgan fingerprint density at radius 3 is 2.76 bits per heavy atom. The molecule has 0 saturated heterocycles. The Labute approximate surface area is 104 Å². The third-order valence-corrected chi connectivity index (χ3v) is 2.91. The van der Waals surface area contributed by atoms with Crippen molar-refractivity contribution in [2.24, 2.45) is 0 Å². The van der Waals surface area contributed by atoms with Crippen LogP contribution in [0.5, 0.6) is 0 Å². The number of aromatic carboxylic acids is 1. The van der Waals surface area contributed by atoms with E-state index in [4.69, 9.17) is 16.7 Å². The zero-order chi connectivity index (χ0) is 12.4. The standard InChI is InChI=1S/C13H12ClNO2/c1-9-2-3-10(12(14)6-9)7-15-5-4-11(8-15)13(16)17/h2-6,8H,7H2,1H3,(H,16,17). The highest BCUT2D eigenvalue weighted by molar-refractivity contribution is 6.31. The molecule has 0 aliphatic carbocycles. The first kappa shape index (κ1) is 11.7. The molecular weight excluding hydrogens is 238 g/mol. The largest absolute Gasteiger partial charge is 0.478 e. The van der Waals surface area contributed by atoms with Gasteiger partial charge < -0.3 is 9.67 Å². The smallest absolute Gasteiger partial charge is 0.337 e. The quantitative estimate of drug-likeness (QED) is 0.908. The summed E-state index contributed by atoms with van der Waals surface area (Å²) in [6, 6.07) is 7.42. The van der Waals surface area contributed by atoms with Gasteiger partial charge >= 0.3 is 5.97 Å². The van der Waals surface area contributed by atoms with E-state index in [1.165, 1.54) is 0 Å². The lowest BCUT2D eigenvalue weighted by Crippen LogP contribution is -1.99. The van der Waals surface area contributed by atoms with E-state index >= 15 is 0 Å². The average Bonchev–Trinajstić information content (AvgIpc) is 2.71. The molecule has 0 amide bonds. The van der Waals surface area contributed by atoms with Crippen LogP contribution in [0.1, 0.15) is 21.5 Å². The summed E-state index contributed by atoms with van der Waals surface area (Å²) in [5.41, 5.74) is 2.37. The first-order chi connectivity index (χ1) is 8.06. The van der Waals surface area contributed by atoms with Crippen LogP contribution in [0.3, 0.4) is 0 Å². The number of halogens is 1. The van der Waals surface area contributed by atoms with Gasteiger partial charge in [0, 0.05) is 24.0 Å². The minimum atomic E-state index is -0.918. The van der Waals surface area contributed by atoms with Gasteiger partial charge in [-0.3, -0.25) is 0 Å². The van der Waals surface area contributed by atoms with E-state index in [1.54, 1.807) is 23.0 Å². The summed E-state index contributed by atoms with van der Waals surface area (Å²) in [6.45, 7) is 2.56. The van der Waals surface area contributed by atoms with Gasteiger partial charge in [-0.15, -0.1) is 0 Å². The molecule has 0 saturated carbocycles. The monoisotopic (exact) mass is 249 g/mol. The topological polar surface area (TPSA) is 42.2 Å². The van der Waals surface area contributed by atoms with Crippen molar-refractivity contribution < 1.29 is 9.90 Å². The molecule has 17 heavy (non-hydrogen) atoms. The highest BCUT2D eigenvalue weighted by atomic mass is 35.5. The summed E-state index contributed by atoms with van der Waals surface area (Å²) in [5, 5.41) is 9.52. The van der Waals surface area contributed by atoms with Gasteiger partial charge in [-0.05, 0) is 30.2 Å². The van der Waals surface area contributed by atoms with Gasteiger partial charge in [0.05, 0.1) is 5.56 Å². The lowest BCUT2D eigenvalue weighted by Gasteiger charge is -2.06. The Bertz CT molecular complexity index is 560.